The van der Waals surface area contributed by atoms with Crippen molar-refractivity contribution in [2.45, 2.75) is 0 Å². The third kappa shape index (κ3) is 2.04. The third-order valence-corrected chi connectivity index (χ3v) is 2.97. The largest absolute Gasteiger partial charge is 0.206 e. The summed E-state index contributed by atoms with van der Waals surface area (Å²) in [6, 6.07) is 15.7. The highest BCUT2D eigenvalue weighted by Crippen LogP contribution is 2.27. The second-order valence-electron chi connectivity index (χ2n) is 4.19. The molecular weight excluding hydrogens is 255 g/mol. The molecule has 4 nitrogen and oxygen atoms in total. The minimum atomic E-state index is -0.287. The number of nitrogens with zero attached hydrogens (tertiary/aromatic N) is 3. The molecule has 0 amide bonds. The van der Waals surface area contributed by atoms with Crippen LogP contribution in [0.2, 0.25) is 0 Å². The van der Waals surface area contributed by atoms with E-state index in [2.05, 4.69) is 15.4 Å². The fraction of sp³-hybridized carbons (Fsp3) is 0. The molecule has 0 bridgehead atoms. The molecule has 0 aliphatic carbocycles. The second-order valence-corrected chi connectivity index (χ2v) is 4.19. The maximum atomic E-state index is 13.8. The lowest BCUT2D eigenvalue weighted by Gasteiger charge is -2.05. The SMILES string of the molecule is N#Cc1n[nH]nc1-c1cccc(-c2ccccc2F)c1. The Morgan fingerprint density at radius 1 is 1.00 bits per heavy atom. The number of H-pyrrole nitrogens is 1. The lowest BCUT2D eigenvalue weighted by molar-refractivity contribution is 0.631. The standard InChI is InChI=1S/C15H9FN4/c16-13-7-2-1-6-12(13)10-4-3-5-11(8-10)15-14(9-17)18-20-19-15/h1-8H,(H,18,19,20). The lowest BCUT2D eigenvalue weighted by Crippen LogP contribution is -1.87. The van der Waals surface area contributed by atoms with Crippen LogP contribution in [0.25, 0.3) is 22.4 Å². The molecule has 0 saturated heterocycles. The van der Waals surface area contributed by atoms with Gasteiger partial charge in [-0.05, 0) is 17.7 Å². The normalized spacial score (nSPS) is 10.2. The third-order valence-electron chi connectivity index (χ3n) is 2.97. The van der Waals surface area contributed by atoms with Crippen LogP contribution in [0.15, 0.2) is 48.5 Å². The summed E-state index contributed by atoms with van der Waals surface area (Å²) in [5.74, 6) is -0.287. The Hall–Kier alpha value is -3.00. The van der Waals surface area contributed by atoms with E-state index in [4.69, 9.17) is 5.26 Å². The number of aromatic amines is 1. The molecule has 20 heavy (non-hydrogen) atoms. The molecule has 0 aliphatic heterocycles. The highest BCUT2D eigenvalue weighted by Gasteiger charge is 2.11. The fourth-order valence-corrected chi connectivity index (χ4v) is 2.04. The summed E-state index contributed by atoms with van der Waals surface area (Å²) in [6.07, 6.45) is 0. The Balaban J connectivity index is 2.12. The van der Waals surface area contributed by atoms with E-state index in [0.717, 1.165) is 11.1 Å². The fourth-order valence-electron chi connectivity index (χ4n) is 2.04. The topological polar surface area (TPSA) is 65.4 Å². The van der Waals surface area contributed by atoms with E-state index >= 15 is 0 Å². The minimum absolute atomic E-state index is 0.218. The van der Waals surface area contributed by atoms with Crippen molar-refractivity contribution in [3.63, 3.8) is 0 Å². The number of benzene rings is 2. The summed E-state index contributed by atoms with van der Waals surface area (Å²) in [5, 5.41) is 19.1. The van der Waals surface area contributed by atoms with E-state index in [1.165, 1.54) is 6.07 Å². The Morgan fingerprint density at radius 2 is 1.80 bits per heavy atom. The van der Waals surface area contributed by atoms with Gasteiger partial charge in [0.25, 0.3) is 0 Å². The van der Waals surface area contributed by atoms with Gasteiger partial charge >= 0.3 is 0 Å². The predicted molar refractivity (Wildman–Crippen MR) is 71.9 cm³/mol. The molecule has 3 aromatic rings. The Kier molecular flexibility index (Phi) is 2.98. The van der Waals surface area contributed by atoms with Gasteiger partial charge < -0.3 is 0 Å². The molecule has 5 heteroatoms. The Morgan fingerprint density at radius 3 is 2.60 bits per heavy atom. The van der Waals surface area contributed by atoms with Gasteiger partial charge in [0.1, 0.15) is 17.6 Å². The van der Waals surface area contributed by atoms with Crippen molar-refractivity contribution in [1.29, 1.82) is 5.26 Å². The molecule has 0 saturated carbocycles. The zero-order valence-electron chi connectivity index (χ0n) is 10.3. The van der Waals surface area contributed by atoms with Crippen molar-refractivity contribution in [2.75, 3.05) is 0 Å². The van der Waals surface area contributed by atoms with Gasteiger partial charge in [0.2, 0.25) is 0 Å². The number of nitrogens with one attached hydrogen (secondary N) is 1. The maximum absolute atomic E-state index is 13.8. The van der Waals surface area contributed by atoms with Crippen LogP contribution in [-0.4, -0.2) is 15.4 Å². The van der Waals surface area contributed by atoms with Crippen LogP contribution in [0.4, 0.5) is 4.39 Å². The van der Waals surface area contributed by atoms with Crippen molar-refractivity contribution >= 4 is 0 Å². The van der Waals surface area contributed by atoms with Crippen LogP contribution in [0.1, 0.15) is 5.69 Å². The van der Waals surface area contributed by atoms with Gasteiger partial charge in [-0.25, -0.2) is 4.39 Å². The smallest absolute Gasteiger partial charge is 0.190 e. The van der Waals surface area contributed by atoms with Gasteiger partial charge in [0, 0.05) is 11.1 Å². The first-order valence-electron chi connectivity index (χ1n) is 5.96. The average molecular weight is 264 g/mol. The van der Waals surface area contributed by atoms with E-state index in [9.17, 15) is 4.39 Å². The van der Waals surface area contributed by atoms with E-state index in [-0.39, 0.29) is 11.5 Å². The first kappa shape index (κ1) is 12.1. The van der Waals surface area contributed by atoms with Crippen molar-refractivity contribution < 1.29 is 4.39 Å². The highest BCUT2D eigenvalue weighted by molar-refractivity contribution is 5.73. The Bertz CT molecular complexity index is 784. The summed E-state index contributed by atoms with van der Waals surface area (Å²) in [6.45, 7) is 0. The lowest BCUT2D eigenvalue weighted by atomic mass is 10.0. The predicted octanol–water partition coefficient (Wildman–Crippen LogP) is 3.15. The van der Waals surface area contributed by atoms with E-state index < -0.39 is 0 Å². The number of hydrogen-bond acceptors (Lipinski definition) is 3. The number of aromatic nitrogens is 3. The summed E-state index contributed by atoms with van der Waals surface area (Å²) in [4.78, 5) is 0. The summed E-state index contributed by atoms with van der Waals surface area (Å²) >= 11 is 0. The quantitative estimate of drug-likeness (QED) is 0.773. The molecule has 0 unspecified atom stereocenters. The maximum Gasteiger partial charge on any atom is 0.190 e. The summed E-state index contributed by atoms with van der Waals surface area (Å²) < 4.78 is 13.8. The van der Waals surface area contributed by atoms with Crippen LogP contribution < -0.4 is 0 Å². The zero-order chi connectivity index (χ0) is 13.9. The van der Waals surface area contributed by atoms with Gasteiger partial charge in [-0.15, -0.1) is 5.10 Å². The molecule has 1 heterocycles. The van der Waals surface area contributed by atoms with Crippen molar-refractivity contribution in [1.82, 2.24) is 15.4 Å². The van der Waals surface area contributed by atoms with E-state index in [0.29, 0.717) is 11.3 Å². The molecule has 0 spiro atoms. The molecule has 2 aromatic carbocycles. The van der Waals surface area contributed by atoms with Crippen LogP contribution in [0, 0.1) is 17.1 Å². The molecule has 96 valence electrons. The monoisotopic (exact) mass is 264 g/mol. The van der Waals surface area contributed by atoms with E-state index in [1.54, 1.807) is 30.3 Å². The Labute approximate surface area is 114 Å². The summed E-state index contributed by atoms with van der Waals surface area (Å²) in [7, 11) is 0. The van der Waals surface area contributed by atoms with Crippen molar-refractivity contribution in [3.05, 3.63) is 60.0 Å². The number of hydrogen-bond donors (Lipinski definition) is 1. The van der Waals surface area contributed by atoms with Gasteiger partial charge in [-0.3, -0.25) is 0 Å². The van der Waals surface area contributed by atoms with Crippen LogP contribution in [0.5, 0.6) is 0 Å². The number of rotatable bonds is 2. The highest BCUT2D eigenvalue weighted by atomic mass is 19.1. The van der Waals surface area contributed by atoms with Gasteiger partial charge in [0.15, 0.2) is 5.69 Å². The molecule has 1 N–H and O–H groups in total. The van der Waals surface area contributed by atoms with Gasteiger partial charge in [0.05, 0.1) is 0 Å². The molecule has 3 rings (SSSR count). The molecule has 0 radical (unpaired) electrons. The molecule has 0 aliphatic rings. The molecule has 0 atom stereocenters. The molecule has 1 aromatic heterocycles. The molecular formula is C15H9FN4. The minimum Gasteiger partial charge on any atom is -0.206 e. The van der Waals surface area contributed by atoms with Gasteiger partial charge in [-0.1, -0.05) is 36.4 Å². The number of halogens is 1. The van der Waals surface area contributed by atoms with Crippen LogP contribution in [0.3, 0.4) is 0 Å². The first-order chi connectivity index (χ1) is 9.79. The second kappa shape index (κ2) is 4.94. The zero-order valence-corrected chi connectivity index (χ0v) is 10.3. The van der Waals surface area contributed by atoms with Crippen LogP contribution in [-0.2, 0) is 0 Å². The summed E-state index contributed by atoms with van der Waals surface area (Å²) in [5.41, 5.74) is 2.64. The molecule has 0 fully saturated rings. The van der Waals surface area contributed by atoms with Crippen molar-refractivity contribution in [2.24, 2.45) is 0 Å². The number of nitriles is 1. The van der Waals surface area contributed by atoms with Crippen LogP contribution >= 0.6 is 0 Å². The van der Waals surface area contributed by atoms with Gasteiger partial charge in [-0.2, -0.15) is 15.6 Å². The van der Waals surface area contributed by atoms with E-state index in [1.807, 2.05) is 18.2 Å². The van der Waals surface area contributed by atoms with Crippen molar-refractivity contribution in [3.8, 4) is 28.5 Å². The average Bonchev–Trinajstić information content (AvgIpc) is 2.96. The first-order valence-corrected chi connectivity index (χ1v) is 5.96.